The molecule has 114 valence electrons. The van der Waals surface area contributed by atoms with Crippen molar-refractivity contribution in [1.82, 2.24) is 9.21 Å². The highest BCUT2D eigenvalue weighted by Gasteiger charge is 2.40. The third kappa shape index (κ3) is 2.28. The van der Waals surface area contributed by atoms with Crippen LogP contribution in [0.25, 0.3) is 0 Å². The van der Waals surface area contributed by atoms with E-state index in [1.165, 1.54) is 16.4 Å². The summed E-state index contributed by atoms with van der Waals surface area (Å²) in [7, 11) is -3.98. The van der Waals surface area contributed by atoms with Crippen LogP contribution < -0.4 is 5.73 Å². The molecule has 1 amide bonds. The number of nitrogens with two attached hydrogens (primary N) is 1. The maximum absolute atomic E-state index is 13.9. The molecule has 2 aliphatic heterocycles. The van der Waals surface area contributed by atoms with Crippen LogP contribution >= 0.6 is 0 Å². The second-order valence-electron chi connectivity index (χ2n) is 5.30. The van der Waals surface area contributed by atoms with Crippen molar-refractivity contribution in [2.45, 2.75) is 23.8 Å². The molecule has 2 fully saturated rings. The fourth-order valence-corrected chi connectivity index (χ4v) is 4.61. The smallest absolute Gasteiger partial charge is 0.248 e. The van der Waals surface area contributed by atoms with Crippen molar-refractivity contribution in [3.8, 4) is 0 Å². The number of carbonyl (C=O) groups excluding carboxylic acids is 1. The predicted octanol–water partition coefficient (Wildman–Crippen LogP) is 0.403. The molecule has 1 aromatic rings. The molecular weight excluding hydrogens is 297 g/mol. The summed E-state index contributed by atoms with van der Waals surface area (Å²) in [6.07, 6.45) is 1.08. The van der Waals surface area contributed by atoms with Crippen molar-refractivity contribution in [2.75, 3.05) is 25.4 Å². The molecule has 0 radical (unpaired) electrons. The van der Waals surface area contributed by atoms with E-state index in [-0.39, 0.29) is 30.7 Å². The molecule has 0 saturated carbocycles. The van der Waals surface area contributed by atoms with Crippen molar-refractivity contribution in [1.29, 1.82) is 0 Å². The largest absolute Gasteiger partial charge is 0.398 e. The maximum Gasteiger partial charge on any atom is 0.248 e. The van der Waals surface area contributed by atoms with E-state index in [1.807, 2.05) is 0 Å². The molecule has 6 nitrogen and oxygen atoms in total. The van der Waals surface area contributed by atoms with Gasteiger partial charge in [-0.25, -0.2) is 12.8 Å². The first-order chi connectivity index (χ1) is 9.91. The van der Waals surface area contributed by atoms with Crippen molar-refractivity contribution >= 4 is 21.6 Å². The number of hydrogen-bond donors (Lipinski definition) is 1. The van der Waals surface area contributed by atoms with E-state index in [2.05, 4.69) is 0 Å². The van der Waals surface area contributed by atoms with Crippen molar-refractivity contribution < 1.29 is 17.6 Å². The Morgan fingerprint density at radius 2 is 2.05 bits per heavy atom. The van der Waals surface area contributed by atoms with Crippen LogP contribution in [0.5, 0.6) is 0 Å². The lowest BCUT2D eigenvalue weighted by atomic mass is 10.2. The minimum Gasteiger partial charge on any atom is -0.398 e. The minimum atomic E-state index is -3.98. The van der Waals surface area contributed by atoms with Gasteiger partial charge in [0.15, 0.2) is 0 Å². The molecule has 2 heterocycles. The molecule has 3 rings (SSSR count). The van der Waals surface area contributed by atoms with E-state index in [4.69, 9.17) is 5.73 Å². The van der Waals surface area contributed by atoms with Gasteiger partial charge in [-0.15, -0.1) is 0 Å². The van der Waals surface area contributed by atoms with Crippen LogP contribution in [0.2, 0.25) is 0 Å². The molecule has 8 heteroatoms. The maximum atomic E-state index is 13.9. The summed E-state index contributed by atoms with van der Waals surface area (Å²) in [5.74, 6) is -0.789. The molecule has 2 N–H and O–H groups in total. The van der Waals surface area contributed by atoms with E-state index >= 15 is 0 Å². The van der Waals surface area contributed by atoms with Crippen LogP contribution in [-0.2, 0) is 14.8 Å². The number of carbonyl (C=O) groups is 1. The summed E-state index contributed by atoms with van der Waals surface area (Å²) in [5, 5.41) is 0. The van der Waals surface area contributed by atoms with E-state index in [0.29, 0.717) is 19.4 Å². The zero-order chi connectivity index (χ0) is 15.2. The molecule has 0 bridgehead atoms. The highest BCUT2D eigenvalue weighted by atomic mass is 32.2. The van der Waals surface area contributed by atoms with Gasteiger partial charge in [-0.2, -0.15) is 4.31 Å². The van der Waals surface area contributed by atoms with Crippen molar-refractivity contribution in [3.05, 3.63) is 24.0 Å². The lowest BCUT2D eigenvalue weighted by Gasteiger charge is -2.36. The van der Waals surface area contributed by atoms with Crippen LogP contribution in [0.3, 0.4) is 0 Å². The zero-order valence-corrected chi connectivity index (χ0v) is 12.1. The SMILES string of the molecule is Nc1cccc(F)c1S(=O)(=O)N1CCN2C(=O)CCC2C1. The van der Waals surface area contributed by atoms with Gasteiger partial charge in [0, 0.05) is 32.1 Å². The average molecular weight is 313 g/mol. The van der Waals surface area contributed by atoms with Crippen LogP contribution in [0.4, 0.5) is 10.1 Å². The number of piperazine rings is 1. The number of nitrogens with zero attached hydrogens (tertiary/aromatic N) is 2. The molecule has 0 spiro atoms. The molecular formula is C13H16FN3O3S. The number of halogens is 1. The number of rotatable bonds is 2. The second-order valence-corrected chi connectivity index (χ2v) is 7.18. The monoisotopic (exact) mass is 313 g/mol. The van der Waals surface area contributed by atoms with Gasteiger partial charge in [-0.1, -0.05) is 6.07 Å². The van der Waals surface area contributed by atoms with Gasteiger partial charge in [0.2, 0.25) is 15.9 Å². The Hall–Kier alpha value is -1.67. The van der Waals surface area contributed by atoms with Crippen molar-refractivity contribution in [2.24, 2.45) is 0 Å². The molecule has 1 atom stereocenters. The number of anilines is 1. The Morgan fingerprint density at radius 3 is 2.76 bits per heavy atom. The number of sulfonamides is 1. The van der Waals surface area contributed by atoms with E-state index < -0.39 is 20.7 Å². The van der Waals surface area contributed by atoms with Crippen molar-refractivity contribution in [3.63, 3.8) is 0 Å². The van der Waals surface area contributed by atoms with E-state index in [9.17, 15) is 17.6 Å². The number of amides is 1. The Balaban J connectivity index is 1.91. The van der Waals surface area contributed by atoms with Crippen LogP contribution in [0, 0.1) is 5.82 Å². The molecule has 0 aliphatic carbocycles. The Kier molecular flexibility index (Phi) is 3.37. The van der Waals surface area contributed by atoms with E-state index in [1.54, 1.807) is 4.90 Å². The van der Waals surface area contributed by atoms with Crippen LogP contribution in [-0.4, -0.2) is 49.2 Å². The molecule has 1 aromatic carbocycles. The summed E-state index contributed by atoms with van der Waals surface area (Å²) < 4.78 is 40.3. The Morgan fingerprint density at radius 1 is 1.29 bits per heavy atom. The van der Waals surface area contributed by atoms with Gasteiger partial charge >= 0.3 is 0 Å². The third-order valence-electron chi connectivity index (χ3n) is 4.05. The molecule has 1 unspecified atom stereocenters. The summed E-state index contributed by atoms with van der Waals surface area (Å²) in [4.78, 5) is 12.9. The number of hydrogen-bond acceptors (Lipinski definition) is 4. The third-order valence-corrected chi connectivity index (χ3v) is 6.01. The Labute approximate surface area is 122 Å². The van der Waals surface area contributed by atoms with Gasteiger partial charge in [0.25, 0.3) is 0 Å². The molecule has 0 aromatic heterocycles. The number of nitrogen functional groups attached to an aromatic ring is 1. The van der Waals surface area contributed by atoms with Gasteiger partial charge in [0.05, 0.1) is 5.69 Å². The van der Waals surface area contributed by atoms with Gasteiger partial charge < -0.3 is 10.6 Å². The van der Waals surface area contributed by atoms with Gasteiger partial charge in [-0.3, -0.25) is 4.79 Å². The summed E-state index contributed by atoms with van der Waals surface area (Å²) in [6.45, 7) is 0.706. The van der Waals surface area contributed by atoms with Crippen LogP contribution in [0.1, 0.15) is 12.8 Å². The quantitative estimate of drug-likeness (QED) is 0.801. The molecule has 2 saturated heterocycles. The highest BCUT2D eigenvalue weighted by molar-refractivity contribution is 7.89. The first kappa shape index (κ1) is 14.3. The topological polar surface area (TPSA) is 83.7 Å². The average Bonchev–Trinajstić information content (AvgIpc) is 2.79. The summed E-state index contributed by atoms with van der Waals surface area (Å²) in [5.41, 5.74) is 5.54. The standard InChI is InChI=1S/C13H16FN3O3S/c14-10-2-1-3-11(15)13(10)21(19,20)16-6-7-17-9(8-16)4-5-12(17)18/h1-3,9H,4-8,15H2. The first-order valence-electron chi connectivity index (χ1n) is 6.75. The molecule has 2 aliphatic rings. The summed E-state index contributed by atoms with van der Waals surface area (Å²) in [6, 6.07) is 3.70. The number of benzene rings is 1. The van der Waals surface area contributed by atoms with E-state index in [0.717, 1.165) is 6.07 Å². The second kappa shape index (κ2) is 4.96. The minimum absolute atomic E-state index is 0.0578. The Bertz CT molecular complexity index is 672. The van der Waals surface area contributed by atoms with Gasteiger partial charge in [-0.05, 0) is 18.6 Å². The zero-order valence-electron chi connectivity index (χ0n) is 11.3. The lowest BCUT2D eigenvalue weighted by Crippen LogP contribution is -2.53. The fourth-order valence-electron chi connectivity index (χ4n) is 2.98. The first-order valence-corrected chi connectivity index (χ1v) is 8.19. The highest BCUT2D eigenvalue weighted by Crippen LogP contribution is 2.30. The van der Waals surface area contributed by atoms with Gasteiger partial charge in [0.1, 0.15) is 10.7 Å². The predicted molar refractivity (Wildman–Crippen MR) is 74.3 cm³/mol. The van der Waals surface area contributed by atoms with Crippen LogP contribution in [0.15, 0.2) is 23.1 Å². The fraction of sp³-hybridized carbons (Fsp3) is 0.462. The molecule has 21 heavy (non-hydrogen) atoms. The lowest BCUT2D eigenvalue weighted by molar-refractivity contribution is -0.130. The summed E-state index contributed by atoms with van der Waals surface area (Å²) >= 11 is 0. The normalized spacial score (nSPS) is 23.4. The number of fused-ring (bicyclic) bond motifs is 1.